The summed E-state index contributed by atoms with van der Waals surface area (Å²) < 4.78 is 5.24. The van der Waals surface area contributed by atoms with E-state index in [0.717, 1.165) is 19.3 Å². The maximum Gasteiger partial charge on any atom is 0.333 e. The van der Waals surface area contributed by atoms with E-state index in [-0.39, 0.29) is 12.6 Å². The van der Waals surface area contributed by atoms with Gasteiger partial charge in [0.2, 0.25) is 0 Å². The van der Waals surface area contributed by atoms with Crippen molar-refractivity contribution in [3.05, 3.63) is 11.6 Å². The highest BCUT2D eigenvalue weighted by atomic mass is 16.5. The number of hydrogen-bond acceptors (Lipinski definition) is 3. The number of allylic oxidation sites excluding steroid dienone is 1. The minimum Gasteiger partial charge on any atom is -0.462 e. The topological polar surface area (TPSA) is 46.5 Å². The Labute approximate surface area is 118 Å². The second kappa shape index (κ2) is 9.13. The summed E-state index contributed by atoms with van der Waals surface area (Å²) in [5.74, 6) is -0.297. The van der Waals surface area contributed by atoms with E-state index in [2.05, 4.69) is 6.92 Å². The Bertz CT molecular complexity index is 292. The minimum absolute atomic E-state index is 0.256. The van der Waals surface area contributed by atoms with Gasteiger partial charge >= 0.3 is 5.97 Å². The lowest BCUT2D eigenvalue weighted by Crippen LogP contribution is -2.35. The molecule has 0 aromatic heterocycles. The standard InChI is InChI=1S/C16H30O3/c1-6-8-9-10-11-14(17)16(4,5)12-19-15(18)13(3)7-2/h7,14,17H,6,8-12H2,1-5H3. The molecule has 0 aromatic rings. The second-order valence-electron chi connectivity index (χ2n) is 5.90. The van der Waals surface area contributed by atoms with Crippen LogP contribution in [0, 0.1) is 5.41 Å². The van der Waals surface area contributed by atoms with E-state index in [4.69, 9.17) is 4.74 Å². The number of aliphatic hydroxyl groups excluding tert-OH is 1. The average molecular weight is 270 g/mol. The molecule has 0 saturated carbocycles. The van der Waals surface area contributed by atoms with E-state index in [0.29, 0.717) is 5.57 Å². The van der Waals surface area contributed by atoms with Gasteiger partial charge in [0.25, 0.3) is 0 Å². The van der Waals surface area contributed by atoms with Crippen molar-refractivity contribution in [2.45, 2.75) is 72.8 Å². The van der Waals surface area contributed by atoms with Crippen LogP contribution < -0.4 is 0 Å². The molecule has 0 aliphatic heterocycles. The first-order valence-electron chi connectivity index (χ1n) is 7.33. The van der Waals surface area contributed by atoms with Crippen LogP contribution in [-0.2, 0) is 9.53 Å². The molecule has 1 unspecified atom stereocenters. The number of ether oxygens (including phenoxy) is 1. The normalized spacial score (nSPS) is 14.3. The summed E-state index contributed by atoms with van der Waals surface area (Å²) in [6, 6.07) is 0. The van der Waals surface area contributed by atoms with Crippen molar-refractivity contribution in [3.63, 3.8) is 0 Å². The highest BCUT2D eigenvalue weighted by molar-refractivity contribution is 5.87. The molecule has 1 N–H and O–H groups in total. The smallest absolute Gasteiger partial charge is 0.333 e. The molecule has 0 aliphatic carbocycles. The average Bonchev–Trinajstić information content (AvgIpc) is 2.39. The van der Waals surface area contributed by atoms with Gasteiger partial charge in [-0.3, -0.25) is 0 Å². The van der Waals surface area contributed by atoms with E-state index < -0.39 is 11.5 Å². The second-order valence-corrected chi connectivity index (χ2v) is 5.90. The molecular formula is C16H30O3. The summed E-state index contributed by atoms with van der Waals surface area (Å²) in [4.78, 5) is 11.6. The molecule has 0 rings (SSSR count). The molecule has 19 heavy (non-hydrogen) atoms. The Balaban J connectivity index is 4.11. The Morgan fingerprint density at radius 1 is 1.32 bits per heavy atom. The molecule has 3 nitrogen and oxygen atoms in total. The number of carbonyl (C=O) groups is 1. The first-order valence-corrected chi connectivity index (χ1v) is 7.33. The van der Waals surface area contributed by atoms with Crippen LogP contribution >= 0.6 is 0 Å². The molecule has 0 spiro atoms. The fourth-order valence-corrected chi connectivity index (χ4v) is 1.73. The number of aliphatic hydroxyl groups is 1. The van der Waals surface area contributed by atoms with Gasteiger partial charge in [-0.2, -0.15) is 0 Å². The van der Waals surface area contributed by atoms with Gasteiger partial charge in [-0.1, -0.05) is 52.5 Å². The zero-order valence-corrected chi connectivity index (χ0v) is 13.2. The highest BCUT2D eigenvalue weighted by Crippen LogP contribution is 2.25. The van der Waals surface area contributed by atoms with E-state index >= 15 is 0 Å². The SMILES string of the molecule is CC=C(C)C(=O)OCC(C)(C)C(O)CCCCCC. The predicted octanol–water partition coefficient (Wildman–Crippen LogP) is 3.85. The Hall–Kier alpha value is -0.830. The van der Waals surface area contributed by atoms with Crippen LogP contribution in [0.3, 0.4) is 0 Å². The molecule has 1 atom stereocenters. The monoisotopic (exact) mass is 270 g/mol. The zero-order chi connectivity index (χ0) is 14.9. The van der Waals surface area contributed by atoms with Gasteiger partial charge in [0.05, 0.1) is 12.7 Å². The molecule has 0 bridgehead atoms. The van der Waals surface area contributed by atoms with Gasteiger partial charge in [0.15, 0.2) is 0 Å². The molecule has 3 heteroatoms. The van der Waals surface area contributed by atoms with Crippen molar-refractivity contribution in [2.75, 3.05) is 6.61 Å². The predicted molar refractivity (Wildman–Crippen MR) is 78.9 cm³/mol. The van der Waals surface area contributed by atoms with Crippen molar-refractivity contribution < 1.29 is 14.6 Å². The van der Waals surface area contributed by atoms with E-state index in [9.17, 15) is 9.90 Å². The Kier molecular flexibility index (Phi) is 8.73. The number of unbranched alkanes of at least 4 members (excludes halogenated alkanes) is 3. The van der Waals surface area contributed by atoms with Gasteiger partial charge in [0.1, 0.15) is 0 Å². The third-order valence-electron chi connectivity index (χ3n) is 3.56. The Morgan fingerprint density at radius 3 is 2.47 bits per heavy atom. The third kappa shape index (κ3) is 7.36. The van der Waals surface area contributed by atoms with Crippen LogP contribution in [0.2, 0.25) is 0 Å². The van der Waals surface area contributed by atoms with Crippen LogP contribution in [0.25, 0.3) is 0 Å². The van der Waals surface area contributed by atoms with Crippen molar-refractivity contribution >= 4 is 5.97 Å². The van der Waals surface area contributed by atoms with Gasteiger partial charge < -0.3 is 9.84 Å². The lowest BCUT2D eigenvalue weighted by atomic mass is 9.84. The minimum atomic E-state index is -0.428. The van der Waals surface area contributed by atoms with Crippen LogP contribution in [-0.4, -0.2) is 23.8 Å². The summed E-state index contributed by atoms with van der Waals surface area (Å²) in [7, 11) is 0. The maximum absolute atomic E-state index is 11.6. The summed E-state index contributed by atoms with van der Waals surface area (Å²) >= 11 is 0. The number of rotatable bonds is 9. The highest BCUT2D eigenvalue weighted by Gasteiger charge is 2.29. The molecule has 0 aromatic carbocycles. The van der Waals surface area contributed by atoms with Gasteiger partial charge in [-0.25, -0.2) is 4.79 Å². The molecule has 0 amide bonds. The summed E-state index contributed by atoms with van der Waals surface area (Å²) in [6.45, 7) is 9.85. The molecule has 112 valence electrons. The molecule has 0 radical (unpaired) electrons. The fourth-order valence-electron chi connectivity index (χ4n) is 1.73. The van der Waals surface area contributed by atoms with Crippen molar-refractivity contribution in [1.82, 2.24) is 0 Å². The van der Waals surface area contributed by atoms with Gasteiger partial charge in [-0.05, 0) is 20.3 Å². The third-order valence-corrected chi connectivity index (χ3v) is 3.56. The van der Waals surface area contributed by atoms with Gasteiger partial charge in [0, 0.05) is 11.0 Å². The zero-order valence-electron chi connectivity index (χ0n) is 13.2. The Morgan fingerprint density at radius 2 is 1.95 bits per heavy atom. The molecule has 0 aliphatic rings. The van der Waals surface area contributed by atoms with E-state index in [1.165, 1.54) is 12.8 Å². The first-order chi connectivity index (χ1) is 8.85. The van der Waals surface area contributed by atoms with Crippen molar-refractivity contribution in [2.24, 2.45) is 5.41 Å². The van der Waals surface area contributed by atoms with Crippen molar-refractivity contribution in [1.29, 1.82) is 0 Å². The van der Waals surface area contributed by atoms with Crippen LogP contribution in [0.4, 0.5) is 0 Å². The molecule has 0 saturated heterocycles. The lowest BCUT2D eigenvalue weighted by Gasteiger charge is -2.30. The van der Waals surface area contributed by atoms with Crippen LogP contribution in [0.1, 0.15) is 66.7 Å². The van der Waals surface area contributed by atoms with Crippen LogP contribution in [0.5, 0.6) is 0 Å². The summed E-state index contributed by atoms with van der Waals surface area (Å²) in [5, 5.41) is 10.2. The molecule has 0 fully saturated rings. The summed E-state index contributed by atoms with van der Waals surface area (Å²) in [6.07, 6.45) is 6.66. The van der Waals surface area contributed by atoms with E-state index in [1.54, 1.807) is 13.0 Å². The lowest BCUT2D eigenvalue weighted by molar-refractivity contribution is -0.144. The molecule has 0 heterocycles. The van der Waals surface area contributed by atoms with Crippen molar-refractivity contribution in [3.8, 4) is 0 Å². The number of carbonyl (C=O) groups excluding carboxylic acids is 1. The van der Waals surface area contributed by atoms with E-state index in [1.807, 2.05) is 20.8 Å². The largest absolute Gasteiger partial charge is 0.462 e. The number of esters is 1. The quantitative estimate of drug-likeness (QED) is 0.393. The molecular weight excluding hydrogens is 240 g/mol. The fraction of sp³-hybridized carbons (Fsp3) is 0.812. The van der Waals surface area contributed by atoms with Gasteiger partial charge in [-0.15, -0.1) is 0 Å². The first kappa shape index (κ1) is 18.2. The summed E-state index contributed by atoms with van der Waals surface area (Å²) in [5.41, 5.74) is 0.212. The van der Waals surface area contributed by atoms with Crippen LogP contribution in [0.15, 0.2) is 11.6 Å². The number of hydrogen-bond donors (Lipinski definition) is 1. The maximum atomic E-state index is 11.6.